The molecule has 0 bridgehead atoms. The van der Waals surface area contributed by atoms with Crippen molar-refractivity contribution < 1.29 is 4.39 Å². The molecule has 0 radical (unpaired) electrons. The molecule has 20 heavy (non-hydrogen) atoms. The van der Waals surface area contributed by atoms with Gasteiger partial charge in [0.2, 0.25) is 0 Å². The molecule has 2 N–H and O–H groups in total. The molecule has 1 aliphatic heterocycles. The van der Waals surface area contributed by atoms with Gasteiger partial charge in [-0.2, -0.15) is 0 Å². The average Bonchev–Trinajstić information content (AvgIpc) is 2.86. The molecule has 1 aromatic rings. The van der Waals surface area contributed by atoms with Gasteiger partial charge in [-0.1, -0.05) is 0 Å². The molecule has 0 atom stereocenters. The molecule has 0 unspecified atom stereocenters. The lowest BCUT2D eigenvalue weighted by molar-refractivity contribution is 0.626. The van der Waals surface area contributed by atoms with Gasteiger partial charge in [-0.05, 0) is 36.3 Å². The number of allylic oxidation sites excluding steroid dienone is 1. The van der Waals surface area contributed by atoms with Crippen LogP contribution in [0.15, 0.2) is 47.5 Å². The number of nitrogens with one attached hydrogen (secondary N) is 2. The van der Waals surface area contributed by atoms with Crippen LogP contribution in [0.5, 0.6) is 0 Å². The second-order valence-corrected chi connectivity index (χ2v) is 4.39. The van der Waals surface area contributed by atoms with E-state index in [2.05, 4.69) is 20.5 Å². The maximum absolute atomic E-state index is 13.2. The molecule has 0 amide bonds. The summed E-state index contributed by atoms with van der Waals surface area (Å²) >= 11 is 0. The number of rotatable bonds is 5. The van der Waals surface area contributed by atoms with E-state index in [9.17, 15) is 4.39 Å². The van der Waals surface area contributed by atoms with E-state index in [1.54, 1.807) is 25.5 Å². The Bertz CT molecular complexity index is 549. The fraction of sp³-hybridized carbons (Fsp3) is 0.267. The van der Waals surface area contributed by atoms with Gasteiger partial charge < -0.3 is 15.5 Å². The predicted octanol–water partition coefficient (Wildman–Crippen LogP) is 2.01. The molecule has 1 aromatic carbocycles. The Hall–Kier alpha value is -2.30. The van der Waals surface area contributed by atoms with Crippen LogP contribution in [0.25, 0.3) is 0 Å². The maximum Gasteiger partial charge on any atom is 0.123 e. The summed E-state index contributed by atoms with van der Waals surface area (Å²) in [6.45, 7) is 0.841. The van der Waals surface area contributed by atoms with Gasteiger partial charge in [0, 0.05) is 44.9 Å². The summed E-state index contributed by atoms with van der Waals surface area (Å²) in [6, 6.07) is 4.92. The summed E-state index contributed by atoms with van der Waals surface area (Å²) < 4.78 is 13.2. The predicted molar refractivity (Wildman–Crippen MR) is 81.3 cm³/mol. The smallest absolute Gasteiger partial charge is 0.123 e. The van der Waals surface area contributed by atoms with E-state index in [0.717, 1.165) is 30.0 Å². The Morgan fingerprint density at radius 1 is 1.45 bits per heavy atom. The largest absolute Gasteiger partial charge is 0.373 e. The number of hydrogen-bond donors (Lipinski definition) is 2. The zero-order valence-electron chi connectivity index (χ0n) is 11.7. The van der Waals surface area contributed by atoms with Crippen molar-refractivity contribution >= 4 is 11.9 Å². The van der Waals surface area contributed by atoms with Crippen LogP contribution in [0.3, 0.4) is 0 Å². The highest BCUT2D eigenvalue weighted by molar-refractivity contribution is 5.70. The molecule has 5 heteroatoms. The van der Waals surface area contributed by atoms with Gasteiger partial charge in [-0.25, -0.2) is 4.39 Å². The van der Waals surface area contributed by atoms with Crippen LogP contribution >= 0.6 is 0 Å². The Kier molecular flexibility index (Phi) is 4.76. The molecule has 1 heterocycles. The van der Waals surface area contributed by atoms with Crippen molar-refractivity contribution in [2.75, 3.05) is 25.5 Å². The number of anilines is 1. The molecule has 0 saturated heterocycles. The van der Waals surface area contributed by atoms with Crippen molar-refractivity contribution in [1.82, 2.24) is 10.6 Å². The first-order valence-corrected chi connectivity index (χ1v) is 6.53. The van der Waals surface area contributed by atoms with E-state index in [1.165, 1.54) is 6.07 Å². The number of aliphatic imine (C=N–C) groups is 1. The number of hydrogen-bond acceptors (Lipinski definition) is 4. The van der Waals surface area contributed by atoms with Gasteiger partial charge >= 0.3 is 0 Å². The summed E-state index contributed by atoms with van der Waals surface area (Å²) in [5.74, 6) is 0.758. The molecular formula is C15H19FN4. The Morgan fingerprint density at radius 3 is 3.05 bits per heavy atom. The fourth-order valence-electron chi connectivity index (χ4n) is 2.22. The molecule has 0 fully saturated rings. The van der Waals surface area contributed by atoms with E-state index in [0.29, 0.717) is 0 Å². The highest BCUT2D eigenvalue weighted by atomic mass is 19.1. The van der Waals surface area contributed by atoms with E-state index >= 15 is 0 Å². The fourth-order valence-corrected chi connectivity index (χ4v) is 2.22. The first kappa shape index (κ1) is 14.1. The summed E-state index contributed by atoms with van der Waals surface area (Å²) in [7, 11) is 3.59. The SMILES string of the molecule is CN=C/C=C\N/C=C(/NC)N1CCc2cc(F)ccc21. The van der Waals surface area contributed by atoms with Crippen LogP contribution in [0.1, 0.15) is 5.56 Å². The van der Waals surface area contributed by atoms with E-state index in [1.807, 2.05) is 25.4 Å². The van der Waals surface area contributed by atoms with Gasteiger partial charge in [0.25, 0.3) is 0 Å². The molecule has 106 valence electrons. The van der Waals surface area contributed by atoms with Crippen LogP contribution in [0, 0.1) is 5.82 Å². The summed E-state index contributed by atoms with van der Waals surface area (Å²) in [5, 5.41) is 6.23. The first-order chi connectivity index (χ1) is 9.76. The number of halogens is 1. The van der Waals surface area contributed by atoms with Crippen molar-refractivity contribution in [2.24, 2.45) is 4.99 Å². The van der Waals surface area contributed by atoms with Crippen LogP contribution in [0.2, 0.25) is 0 Å². The van der Waals surface area contributed by atoms with E-state index in [4.69, 9.17) is 0 Å². The molecular weight excluding hydrogens is 255 g/mol. The monoisotopic (exact) mass is 274 g/mol. The second-order valence-electron chi connectivity index (χ2n) is 4.39. The molecule has 0 aliphatic carbocycles. The summed E-state index contributed by atoms with van der Waals surface area (Å²) in [5.41, 5.74) is 2.09. The standard InChI is InChI=1S/C15H19FN4/c1-17-7-3-8-19-11-15(18-2)20-9-6-12-10-13(16)4-5-14(12)20/h3-5,7-8,10-11,18-19H,6,9H2,1-2H3/b8-3-,15-11-,17-7?. The normalized spacial score (nSPS) is 15.2. The van der Waals surface area contributed by atoms with Crippen LogP contribution in [-0.4, -0.2) is 26.9 Å². The zero-order valence-corrected chi connectivity index (χ0v) is 11.7. The third-order valence-electron chi connectivity index (χ3n) is 3.13. The van der Waals surface area contributed by atoms with E-state index in [-0.39, 0.29) is 5.82 Å². The first-order valence-electron chi connectivity index (χ1n) is 6.53. The molecule has 2 rings (SSSR count). The minimum Gasteiger partial charge on any atom is -0.373 e. The van der Waals surface area contributed by atoms with Crippen molar-refractivity contribution in [1.29, 1.82) is 0 Å². The lowest BCUT2D eigenvalue weighted by Crippen LogP contribution is -2.29. The summed E-state index contributed by atoms with van der Waals surface area (Å²) in [6.07, 6.45) is 8.04. The van der Waals surface area contributed by atoms with Crippen molar-refractivity contribution in [3.63, 3.8) is 0 Å². The Morgan fingerprint density at radius 2 is 2.30 bits per heavy atom. The van der Waals surface area contributed by atoms with Crippen molar-refractivity contribution in [3.8, 4) is 0 Å². The van der Waals surface area contributed by atoms with Crippen LogP contribution in [0.4, 0.5) is 10.1 Å². The van der Waals surface area contributed by atoms with Crippen molar-refractivity contribution in [2.45, 2.75) is 6.42 Å². The van der Waals surface area contributed by atoms with Gasteiger partial charge in [0.15, 0.2) is 0 Å². The van der Waals surface area contributed by atoms with Gasteiger partial charge in [-0.15, -0.1) is 0 Å². The average molecular weight is 274 g/mol. The number of nitrogens with zero attached hydrogens (tertiary/aromatic N) is 2. The molecule has 1 aliphatic rings. The van der Waals surface area contributed by atoms with Crippen molar-refractivity contribution in [3.05, 3.63) is 53.9 Å². The van der Waals surface area contributed by atoms with Gasteiger partial charge in [0.1, 0.15) is 11.6 Å². The zero-order chi connectivity index (χ0) is 14.4. The minimum atomic E-state index is -0.180. The Balaban J connectivity index is 2.12. The highest BCUT2D eigenvalue weighted by Gasteiger charge is 2.21. The maximum atomic E-state index is 13.2. The Labute approximate surface area is 118 Å². The molecule has 0 saturated carbocycles. The number of fused-ring (bicyclic) bond motifs is 1. The van der Waals surface area contributed by atoms with Crippen LogP contribution in [-0.2, 0) is 6.42 Å². The third-order valence-corrected chi connectivity index (χ3v) is 3.13. The van der Waals surface area contributed by atoms with Gasteiger partial charge in [-0.3, -0.25) is 4.99 Å². The molecule has 4 nitrogen and oxygen atoms in total. The third kappa shape index (κ3) is 3.17. The lowest BCUT2D eigenvalue weighted by Gasteiger charge is -2.22. The second kappa shape index (κ2) is 6.75. The summed E-state index contributed by atoms with van der Waals surface area (Å²) in [4.78, 5) is 5.98. The molecule has 0 spiro atoms. The van der Waals surface area contributed by atoms with E-state index < -0.39 is 0 Å². The highest BCUT2D eigenvalue weighted by Crippen LogP contribution is 2.30. The quantitative estimate of drug-likeness (QED) is 0.807. The van der Waals surface area contributed by atoms with Gasteiger partial charge in [0.05, 0.1) is 0 Å². The number of benzene rings is 1. The molecule has 0 aromatic heterocycles. The topological polar surface area (TPSA) is 39.7 Å². The lowest BCUT2D eigenvalue weighted by atomic mass is 10.2. The minimum absolute atomic E-state index is 0.180. The van der Waals surface area contributed by atoms with Crippen LogP contribution < -0.4 is 15.5 Å².